The zero-order valence-electron chi connectivity index (χ0n) is 15.8. The van der Waals surface area contributed by atoms with Gasteiger partial charge in [-0.2, -0.15) is 26.3 Å². The molecule has 0 spiro atoms. The summed E-state index contributed by atoms with van der Waals surface area (Å²) in [6.07, 6.45) is -11.3. The van der Waals surface area contributed by atoms with Crippen LogP contribution in [0.2, 0.25) is 10.0 Å². The first kappa shape index (κ1) is 24.9. The highest BCUT2D eigenvalue weighted by Crippen LogP contribution is 2.34. The van der Waals surface area contributed by atoms with Crippen LogP contribution >= 0.6 is 23.2 Å². The number of alkyl halides is 6. The van der Waals surface area contributed by atoms with Crippen LogP contribution in [0.5, 0.6) is 5.88 Å². The van der Waals surface area contributed by atoms with Crippen LogP contribution < -0.4 is 10.1 Å². The predicted molar refractivity (Wildman–Crippen MR) is 99.1 cm³/mol. The number of esters is 2. The van der Waals surface area contributed by atoms with Crippen LogP contribution in [0.3, 0.4) is 0 Å². The number of nitrogens with zero attached hydrogens (tertiary/aromatic N) is 1. The van der Waals surface area contributed by atoms with Crippen LogP contribution in [0.4, 0.5) is 26.3 Å². The molecule has 1 aliphatic heterocycles. The summed E-state index contributed by atoms with van der Waals surface area (Å²) in [6.45, 7) is -1.28. The molecule has 1 aromatic carbocycles. The molecule has 3 rings (SSSR count). The number of hydrogen-bond acceptors (Lipinski definition) is 7. The third kappa shape index (κ3) is 5.97. The molecule has 1 aliphatic rings. The normalized spacial score (nSPS) is 15.6. The van der Waals surface area contributed by atoms with Crippen molar-refractivity contribution in [1.82, 2.24) is 10.3 Å². The SMILES string of the molecule is O=C(OC1(OC(=O)C(F)(F)F)CNCc2ccc(-c3cc(Cl)cc(Cl)c3)nc2O1)C(F)(F)F. The van der Waals surface area contributed by atoms with E-state index < -0.39 is 42.7 Å². The van der Waals surface area contributed by atoms with Crippen molar-refractivity contribution in [3.05, 3.63) is 45.9 Å². The van der Waals surface area contributed by atoms with Crippen molar-refractivity contribution in [3.63, 3.8) is 0 Å². The summed E-state index contributed by atoms with van der Waals surface area (Å²) in [6, 6.07) is 7.10. The van der Waals surface area contributed by atoms with Crippen LogP contribution in [-0.4, -0.2) is 41.8 Å². The van der Waals surface area contributed by atoms with E-state index in [1.165, 1.54) is 30.3 Å². The van der Waals surface area contributed by atoms with Crippen LogP contribution in [0.15, 0.2) is 30.3 Å². The second-order valence-corrected chi connectivity index (χ2v) is 7.35. The fraction of sp³-hybridized carbons (Fsp3) is 0.278. The second-order valence-electron chi connectivity index (χ2n) is 6.48. The highest BCUT2D eigenvalue weighted by Gasteiger charge is 2.55. The Morgan fingerprint density at radius 3 is 2.03 bits per heavy atom. The molecule has 2 aromatic rings. The minimum atomic E-state index is -5.64. The number of pyridine rings is 1. The summed E-state index contributed by atoms with van der Waals surface area (Å²) >= 11 is 11.9. The Kier molecular flexibility index (Phi) is 6.69. The van der Waals surface area contributed by atoms with Gasteiger partial charge in [-0.1, -0.05) is 29.3 Å². The van der Waals surface area contributed by atoms with Gasteiger partial charge in [0, 0.05) is 27.7 Å². The van der Waals surface area contributed by atoms with E-state index in [9.17, 15) is 35.9 Å². The van der Waals surface area contributed by atoms with Crippen molar-refractivity contribution in [2.45, 2.75) is 24.9 Å². The molecule has 178 valence electrons. The molecule has 0 saturated carbocycles. The summed E-state index contributed by atoms with van der Waals surface area (Å²) in [4.78, 5) is 26.8. The van der Waals surface area contributed by atoms with Crippen molar-refractivity contribution in [1.29, 1.82) is 0 Å². The lowest BCUT2D eigenvalue weighted by Crippen LogP contribution is -2.55. The van der Waals surface area contributed by atoms with Gasteiger partial charge in [0.05, 0.1) is 5.69 Å². The van der Waals surface area contributed by atoms with E-state index in [1.54, 1.807) is 0 Å². The van der Waals surface area contributed by atoms with E-state index in [2.05, 4.69) is 19.8 Å². The Labute approximate surface area is 190 Å². The van der Waals surface area contributed by atoms with Crippen LogP contribution in [0.1, 0.15) is 5.56 Å². The third-order valence-electron chi connectivity index (χ3n) is 3.97. The molecule has 33 heavy (non-hydrogen) atoms. The van der Waals surface area contributed by atoms with Gasteiger partial charge in [0.15, 0.2) is 0 Å². The molecular weight excluding hydrogens is 509 g/mol. The Hall–Kier alpha value is -2.77. The molecule has 0 aliphatic carbocycles. The zero-order chi connectivity index (χ0) is 24.6. The smallest absolute Gasteiger partial charge is 0.401 e. The quantitative estimate of drug-likeness (QED) is 0.366. The van der Waals surface area contributed by atoms with E-state index >= 15 is 0 Å². The molecule has 0 unspecified atom stereocenters. The highest BCUT2D eigenvalue weighted by molar-refractivity contribution is 6.35. The van der Waals surface area contributed by atoms with E-state index in [0.29, 0.717) is 5.56 Å². The monoisotopic (exact) mass is 518 g/mol. The zero-order valence-corrected chi connectivity index (χ0v) is 17.3. The Morgan fingerprint density at radius 1 is 0.970 bits per heavy atom. The number of nitrogens with one attached hydrogen (secondary N) is 1. The molecular formula is C18H10Cl2F6N2O5. The first-order valence-electron chi connectivity index (χ1n) is 8.65. The maximum atomic E-state index is 12.8. The molecule has 0 saturated heterocycles. The maximum Gasteiger partial charge on any atom is 0.491 e. The number of hydrogen-bond donors (Lipinski definition) is 1. The molecule has 1 N–H and O–H groups in total. The number of fused-ring (bicyclic) bond motifs is 1. The second kappa shape index (κ2) is 8.88. The number of carbonyl (C=O) groups excluding carboxylic acids is 2. The van der Waals surface area contributed by atoms with Crippen LogP contribution in [0, 0.1) is 0 Å². The molecule has 7 nitrogen and oxygen atoms in total. The molecule has 2 heterocycles. The third-order valence-corrected chi connectivity index (χ3v) is 4.40. The van der Waals surface area contributed by atoms with Gasteiger partial charge < -0.3 is 19.5 Å². The first-order valence-corrected chi connectivity index (χ1v) is 9.40. The molecule has 0 radical (unpaired) electrons. The number of carbonyl (C=O) groups is 2. The molecule has 0 bridgehead atoms. The topological polar surface area (TPSA) is 86.8 Å². The van der Waals surface area contributed by atoms with Gasteiger partial charge >= 0.3 is 30.3 Å². The molecule has 0 fully saturated rings. The van der Waals surface area contributed by atoms with Gasteiger partial charge in [0.1, 0.15) is 6.54 Å². The van der Waals surface area contributed by atoms with Crippen molar-refractivity contribution in [2.24, 2.45) is 0 Å². The molecule has 1 aromatic heterocycles. The Bertz CT molecular complexity index is 1040. The molecule has 15 heteroatoms. The number of benzene rings is 1. The van der Waals surface area contributed by atoms with E-state index in [1.807, 2.05) is 0 Å². The number of halogens is 8. The number of rotatable bonds is 3. The van der Waals surface area contributed by atoms with E-state index in [0.717, 1.165) is 0 Å². The fourth-order valence-electron chi connectivity index (χ4n) is 2.62. The number of aromatic nitrogens is 1. The summed E-state index contributed by atoms with van der Waals surface area (Å²) in [7, 11) is 0. The van der Waals surface area contributed by atoms with Gasteiger partial charge in [-0.05, 0) is 24.3 Å². The average molecular weight is 519 g/mol. The lowest BCUT2D eigenvalue weighted by molar-refractivity contribution is -0.331. The minimum absolute atomic E-state index is 0.0956. The Balaban J connectivity index is 2.05. The van der Waals surface area contributed by atoms with E-state index in [4.69, 9.17) is 27.9 Å². The van der Waals surface area contributed by atoms with E-state index in [-0.39, 0.29) is 27.8 Å². The molecule has 0 atom stereocenters. The largest absolute Gasteiger partial charge is 0.491 e. The minimum Gasteiger partial charge on any atom is -0.401 e. The predicted octanol–water partition coefficient (Wildman–Crippen LogP) is 4.40. The Morgan fingerprint density at radius 2 is 1.52 bits per heavy atom. The fourth-order valence-corrected chi connectivity index (χ4v) is 3.15. The van der Waals surface area contributed by atoms with Crippen molar-refractivity contribution >= 4 is 35.1 Å². The van der Waals surface area contributed by atoms with Gasteiger partial charge in [0.25, 0.3) is 0 Å². The van der Waals surface area contributed by atoms with Crippen LogP contribution in [0.25, 0.3) is 11.3 Å². The van der Waals surface area contributed by atoms with Crippen molar-refractivity contribution in [2.75, 3.05) is 6.54 Å². The van der Waals surface area contributed by atoms with Crippen molar-refractivity contribution < 1.29 is 50.1 Å². The summed E-state index contributed by atoms with van der Waals surface area (Å²) < 4.78 is 89.7. The maximum absolute atomic E-state index is 12.8. The average Bonchev–Trinajstić information content (AvgIpc) is 2.84. The lowest BCUT2D eigenvalue weighted by atomic mass is 10.1. The summed E-state index contributed by atoms with van der Waals surface area (Å²) in [5.74, 6) is -9.96. The standard InChI is InChI=1S/C18H10Cl2F6N2O5/c19-10-3-9(4-11(20)5-10)12-2-1-8-6-27-7-16(31-13(8)28-12,32-14(29)17(21,22)23)33-15(30)18(24,25)26/h1-5,27H,6-7H2. The number of ether oxygens (including phenoxy) is 3. The highest BCUT2D eigenvalue weighted by atomic mass is 35.5. The molecule has 0 amide bonds. The lowest BCUT2D eigenvalue weighted by Gasteiger charge is -2.31. The van der Waals surface area contributed by atoms with Gasteiger partial charge in [-0.25, -0.2) is 14.6 Å². The van der Waals surface area contributed by atoms with Gasteiger partial charge in [-0.3, -0.25) is 0 Å². The summed E-state index contributed by atoms with van der Waals surface area (Å²) in [5, 5.41) is 2.81. The first-order chi connectivity index (χ1) is 15.2. The van der Waals surface area contributed by atoms with Gasteiger partial charge in [0.2, 0.25) is 5.88 Å². The van der Waals surface area contributed by atoms with Crippen molar-refractivity contribution in [3.8, 4) is 17.1 Å². The van der Waals surface area contributed by atoms with Crippen LogP contribution in [-0.2, 0) is 25.6 Å². The van der Waals surface area contributed by atoms with Gasteiger partial charge in [-0.15, -0.1) is 0 Å². The summed E-state index contributed by atoms with van der Waals surface area (Å²) in [5.41, 5.74) is 0.555.